The summed E-state index contributed by atoms with van der Waals surface area (Å²) in [7, 11) is 3.76. The van der Waals surface area contributed by atoms with E-state index in [0.717, 1.165) is 10.1 Å². The second-order valence-corrected chi connectivity index (χ2v) is 6.44. The van der Waals surface area contributed by atoms with Crippen molar-refractivity contribution < 1.29 is 9.21 Å². The molecular formula is C16H14ClN3O2S. The number of hydrogen-bond donors (Lipinski definition) is 1. The first-order valence-electron chi connectivity index (χ1n) is 6.84. The summed E-state index contributed by atoms with van der Waals surface area (Å²) in [5, 5.41) is 5.23. The zero-order chi connectivity index (χ0) is 16.4. The highest BCUT2D eigenvalue weighted by atomic mass is 35.5. The van der Waals surface area contributed by atoms with Crippen LogP contribution in [0.5, 0.6) is 0 Å². The van der Waals surface area contributed by atoms with E-state index in [0.29, 0.717) is 21.5 Å². The number of benzene rings is 1. The number of nitrogens with zero attached hydrogens (tertiary/aromatic N) is 2. The Hall–Kier alpha value is -2.31. The van der Waals surface area contributed by atoms with E-state index in [-0.39, 0.29) is 5.91 Å². The Morgan fingerprint density at radius 2 is 2.09 bits per heavy atom. The molecule has 0 unspecified atom stereocenters. The number of anilines is 1. The lowest BCUT2D eigenvalue weighted by Gasteiger charge is -2.05. The van der Waals surface area contributed by atoms with Gasteiger partial charge < -0.3 is 9.32 Å². The average Bonchev–Trinajstić information content (AvgIpc) is 3.13. The third-order valence-corrected chi connectivity index (χ3v) is 4.83. The lowest BCUT2D eigenvalue weighted by atomic mass is 10.2. The Morgan fingerprint density at radius 3 is 2.78 bits per heavy atom. The molecule has 2 aromatic heterocycles. The van der Waals surface area contributed by atoms with Gasteiger partial charge in [-0.2, -0.15) is 5.10 Å². The number of rotatable bonds is 4. The van der Waals surface area contributed by atoms with Gasteiger partial charge in [0, 0.05) is 30.2 Å². The number of amides is 1. The van der Waals surface area contributed by atoms with Gasteiger partial charge in [-0.25, -0.2) is 5.43 Å². The fourth-order valence-corrected chi connectivity index (χ4v) is 3.42. The molecule has 118 valence electrons. The number of nitrogens with one attached hydrogen (secondary N) is 1. The number of hydrazone groups is 1. The molecule has 2 heterocycles. The molecule has 7 heteroatoms. The summed E-state index contributed by atoms with van der Waals surface area (Å²) in [6.07, 6.45) is 1.45. The molecule has 0 aliphatic heterocycles. The highest BCUT2D eigenvalue weighted by Crippen LogP contribution is 2.34. The highest BCUT2D eigenvalue weighted by molar-refractivity contribution is 7.21. The number of carbonyl (C=O) groups is 1. The first-order chi connectivity index (χ1) is 11.1. The van der Waals surface area contributed by atoms with Crippen molar-refractivity contribution >= 4 is 51.0 Å². The summed E-state index contributed by atoms with van der Waals surface area (Å²) in [6, 6.07) is 11.2. The summed E-state index contributed by atoms with van der Waals surface area (Å²) in [6.45, 7) is 0. The predicted molar refractivity (Wildman–Crippen MR) is 94.9 cm³/mol. The van der Waals surface area contributed by atoms with E-state index < -0.39 is 0 Å². The molecule has 3 aromatic rings. The number of hydrogen-bond acceptors (Lipinski definition) is 5. The summed E-state index contributed by atoms with van der Waals surface area (Å²) in [5.41, 5.74) is 2.47. The second kappa shape index (κ2) is 6.44. The number of furan rings is 1. The fourth-order valence-electron chi connectivity index (χ4n) is 2.02. The summed E-state index contributed by atoms with van der Waals surface area (Å²) in [4.78, 5) is 14.5. The van der Waals surface area contributed by atoms with Crippen LogP contribution in [-0.4, -0.2) is 26.2 Å². The van der Waals surface area contributed by atoms with Gasteiger partial charge in [-0.3, -0.25) is 4.79 Å². The lowest BCUT2D eigenvalue weighted by Crippen LogP contribution is -2.16. The van der Waals surface area contributed by atoms with Crippen LogP contribution in [0.4, 0.5) is 5.88 Å². The standard InChI is InChI=1S/C16H14ClN3O2S/c1-20(2)13-8-7-10(22-13)9-18-19-16(21)15-14(17)11-5-3-4-6-12(11)23-15/h3-9H,1-2H3,(H,19,21)/b18-9+. The van der Waals surface area contributed by atoms with E-state index in [1.54, 1.807) is 6.07 Å². The maximum absolute atomic E-state index is 12.2. The van der Waals surface area contributed by atoms with E-state index in [9.17, 15) is 4.79 Å². The van der Waals surface area contributed by atoms with Crippen LogP contribution in [0.1, 0.15) is 15.4 Å². The molecular weight excluding hydrogens is 334 g/mol. The molecule has 1 N–H and O–H groups in total. The van der Waals surface area contributed by atoms with E-state index >= 15 is 0 Å². The van der Waals surface area contributed by atoms with Crippen molar-refractivity contribution in [2.24, 2.45) is 5.10 Å². The first-order valence-corrected chi connectivity index (χ1v) is 8.03. The van der Waals surface area contributed by atoms with Gasteiger partial charge in [-0.15, -0.1) is 11.3 Å². The Balaban J connectivity index is 1.73. The van der Waals surface area contributed by atoms with E-state index in [1.807, 2.05) is 49.3 Å². The monoisotopic (exact) mass is 347 g/mol. The predicted octanol–water partition coefficient (Wildman–Crippen LogP) is 3.98. The molecule has 3 rings (SSSR count). The van der Waals surface area contributed by atoms with Crippen LogP contribution in [-0.2, 0) is 0 Å². The van der Waals surface area contributed by atoms with Crippen molar-refractivity contribution in [3.63, 3.8) is 0 Å². The topological polar surface area (TPSA) is 57.8 Å². The van der Waals surface area contributed by atoms with Crippen molar-refractivity contribution in [2.75, 3.05) is 19.0 Å². The van der Waals surface area contributed by atoms with Crippen LogP contribution in [0.3, 0.4) is 0 Å². The Bertz CT molecular complexity index is 882. The molecule has 1 amide bonds. The third-order valence-electron chi connectivity index (χ3n) is 3.15. The molecule has 0 aliphatic carbocycles. The second-order valence-electron chi connectivity index (χ2n) is 5.01. The molecule has 5 nitrogen and oxygen atoms in total. The van der Waals surface area contributed by atoms with Gasteiger partial charge in [0.15, 0.2) is 5.88 Å². The minimum absolute atomic E-state index is 0.341. The lowest BCUT2D eigenvalue weighted by molar-refractivity contribution is 0.0959. The molecule has 0 spiro atoms. The number of thiophene rings is 1. The van der Waals surface area contributed by atoms with Crippen molar-refractivity contribution in [3.8, 4) is 0 Å². The third kappa shape index (κ3) is 3.23. The summed E-state index contributed by atoms with van der Waals surface area (Å²) in [5.74, 6) is 0.925. The Morgan fingerprint density at radius 1 is 1.30 bits per heavy atom. The zero-order valence-electron chi connectivity index (χ0n) is 12.5. The Kier molecular flexibility index (Phi) is 4.36. The molecule has 0 radical (unpaired) electrons. The first kappa shape index (κ1) is 15.6. The SMILES string of the molecule is CN(C)c1ccc(/C=N/NC(=O)c2sc3ccccc3c2Cl)o1. The molecule has 0 saturated carbocycles. The van der Waals surface area contributed by atoms with Crippen molar-refractivity contribution in [1.82, 2.24) is 5.43 Å². The van der Waals surface area contributed by atoms with Crippen LogP contribution >= 0.6 is 22.9 Å². The summed E-state index contributed by atoms with van der Waals surface area (Å²) >= 11 is 7.60. The smallest absolute Gasteiger partial charge is 0.283 e. The molecule has 1 aromatic carbocycles. The van der Waals surface area contributed by atoms with Crippen molar-refractivity contribution in [1.29, 1.82) is 0 Å². The van der Waals surface area contributed by atoms with Crippen LogP contribution in [0.25, 0.3) is 10.1 Å². The Labute approximate surface area is 142 Å². The van der Waals surface area contributed by atoms with Crippen LogP contribution in [0.15, 0.2) is 45.9 Å². The maximum Gasteiger partial charge on any atom is 0.283 e. The number of fused-ring (bicyclic) bond motifs is 1. The maximum atomic E-state index is 12.2. The van der Waals surface area contributed by atoms with Crippen LogP contribution in [0.2, 0.25) is 5.02 Å². The van der Waals surface area contributed by atoms with E-state index in [1.165, 1.54) is 17.6 Å². The summed E-state index contributed by atoms with van der Waals surface area (Å²) < 4.78 is 6.47. The largest absolute Gasteiger partial charge is 0.440 e. The molecule has 0 atom stereocenters. The quantitative estimate of drug-likeness (QED) is 0.573. The number of carbonyl (C=O) groups excluding carboxylic acids is 1. The van der Waals surface area contributed by atoms with Gasteiger partial charge in [0.05, 0.1) is 11.2 Å². The van der Waals surface area contributed by atoms with Gasteiger partial charge in [0.1, 0.15) is 10.6 Å². The van der Waals surface area contributed by atoms with Crippen LogP contribution < -0.4 is 10.3 Å². The van der Waals surface area contributed by atoms with E-state index in [2.05, 4.69) is 10.5 Å². The molecule has 0 saturated heterocycles. The fraction of sp³-hybridized carbons (Fsp3) is 0.125. The molecule has 0 bridgehead atoms. The minimum Gasteiger partial charge on any atom is -0.440 e. The van der Waals surface area contributed by atoms with Gasteiger partial charge in [0.25, 0.3) is 5.91 Å². The van der Waals surface area contributed by atoms with Gasteiger partial charge in [-0.1, -0.05) is 29.8 Å². The van der Waals surface area contributed by atoms with Crippen LogP contribution in [0, 0.1) is 0 Å². The normalized spacial score (nSPS) is 11.3. The minimum atomic E-state index is -0.341. The van der Waals surface area contributed by atoms with Gasteiger partial charge >= 0.3 is 0 Å². The average molecular weight is 348 g/mol. The van der Waals surface area contributed by atoms with E-state index in [4.69, 9.17) is 16.0 Å². The molecule has 0 aliphatic rings. The molecule has 0 fully saturated rings. The van der Waals surface area contributed by atoms with Gasteiger partial charge in [0.2, 0.25) is 0 Å². The van der Waals surface area contributed by atoms with Crippen molar-refractivity contribution in [3.05, 3.63) is 52.1 Å². The molecule has 23 heavy (non-hydrogen) atoms. The zero-order valence-corrected chi connectivity index (χ0v) is 14.1. The number of halogens is 1. The van der Waals surface area contributed by atoms with Gasteiger partial charge in [-0.05, 0) is 12.1 Å². The van der Waals surface area contributed by atoms with Crippen molar-refractivity contribution in [2.45, 2.75) is 0 Å². The highest BCUT2D eigenvalue weighted by Gasteiger charge is 2.16.